The highest BCUT2D eigenvalue weighted by Crippen LogP contribution is 2.35. The van der Waals surface area contributed by atoms with Gasteiger partial charge in [0.15, 0.2) is 0 Å². The number of hydrogen-bond acceptors (Lipinski definition) is 5. The number of carbonyl (C=O) groups is 1. The monoisotopic (exact) mass is 395 g/mol. The van der Waals surface area contributed by atoms with Crippen LogP contribution in [-0.4, -0.2) is 28.7 Å². The average Bonchev–Trinajstić information content (AvgIpc) is 3.35. The minimum absolute atomic E-state index is 0.0680. The molecule has 28 heavy (non-hydrogen) atoms. The molecule has 7 heteroatoms. The van der Waals surface area contributed by atoms with E-state index in [-0.39, 0.29) is 17.5 Å². The molecule has 1 amide bonds. The number of methoxy groups -OCH3 is 1. The Balaban J connectivity index is 1.78. The van der Waals surface area contributed by atoms with Crippen LogP contribution >= 0.6 is 11.3 Å². The highest BCUT2D eigenvalue weighted by Gasteiger charge is 2.34. The van der Waals surface area contributed by atoms with Gasteiger partial charge in [-0.3, -0.25) is 9.59 Å². The first kappa shape index (κ1) is 18.4. The molecule has 2 aromatic heterocycles. The van der Waals surface area contributed by atoms with Gasteiger partial charge in [0.2, 0.25) is 5.91 Å². The highest BCUT2D eigenvalue weighted by atomic mass is 32.1. The van der Waals surface area contributed by atoms with E-state index < -0.39 is 0 Å². The van der Waals surface area contributed by atoms with Crippen molar-refractivity contribution in [2.75, 3.05) is 7.11 Å². The summed E-state index contributed by atoms with van der Waals surface area (Å²) >= 11 is 1.51. The van der Waals surface area contributed by atoms with Crippen molar-refractivity contribution in [2.24, 2.45) is 5.10 Å². The second-order valence-corrected chi connectivity index (χ2v) is 7.67. The molecule has 0 saturated carbocycles. The van der Waals surface area contributed by atoms with E-state index in [1.165, 1.54) is 16.3 Å². The molecule has 0 spiro atoms. The summed E-state index contributed by atoms with van der Waals surface area (Å²) in [5, 5.41) is 9.09. The normalized spacial score (nSPS) is 16.5. The number of H-pyrrole nitrogens is 1. The number of ether oxygens (including phenoxy) is 1. The number of aromatic nitrogens is 1. The molecule has 1 aliphatic rings. The van der Waals surface area contributed by atoms with Crippen molar-refractivity contribution in [3.05, 3.63) is 62.8 Å². The Hall–Kier alpha value is -2.93. The van der Waals surface area contributed by atoms with Crippen LogP contribution in [0.25, 0.3) is 10.2 Å². The van der Waals surface area contributed by atoms with Gasteiger partial charge in [-0.2, -0.15) is 5.10 Å². The van der Waals surface area contributed by atoms with Gasteiger partial charge >= 0.3 is 0 Å². The van der Waals surface area contributed by atoms with E-state index in [0.717, 1.165) is 27.1 Å². The zero-order chi connectivity index (χ0) is 19.8. The van der Waals surface area contributed by atoms with E-state index in [9.17, 15) is 9.59 Å². The van der Waals surface area contributed by atoms with E-state index >= 15 is 0 Å². The molecule has 1 aliphatic heterocycles. The first-order valence-corrected chi connectivity index (χ1v) is 10.1. The Morgan fingerprint density at radius 3 is 2.75 bits per heavy atom. The van der Waals surface area contributed by atoms with Crippen LogP contribution in [0.2, 0.25) is 0 Å². The first-order chi connectivity index (χ1) is 13.5. The molecule has 0 unspecified atom stereocenters. The molecule has 0 bridgehead atoms. The van der Waals surface area contributed by atoms with Crippen molar-refractivity contribution < 1.29 is 9.53 Å². The van der Waals surface area contributed by atoms with Crippen LogP contribution in [-0.2, 0) is 4.79 Å². The summed E-state index contributed by atoms with van der Waals surface area (Å²) in [5.74, 6) is 0.688. The third-order valence-corrected chi connectivity index (χ3v) is 5.99. The van der Waals surface area contributed by atoms with E-state index in [1.807, 2.05) is 49.6 Å². The number of nitrogens with zero attached hydrogens (tertiary/aromatic N) is 2. The number of nitrogens with one attached hydrogen (secondary N) is 1. The molecule has 4 rings (SSSR count). The molecule has 144 valence electrons. The second kappa shape index (κ2) is 7.24. The minimum Gasteiger partial charge on any atom is -0.497 e. The fourth-order valence-corrected chi connectivity index (χ4v) is 4.50. The van der Waals surface area contributed by atoms with Crippen molar-refractivity contribution >= 4 is 33.2 Å². The smallest absolute Gasteiger partial charge is 0.258 e. The topological polar surface area (TPSA) is 74.8 Å². The number of aromatic amines is 1. The first-order valence-electron chi connectivity index (χ1n) is 9.17. The Bertz CT molecular complexity index is 1130. The molecule has 6 nitrogen and oxygen atoms in total. The van der Waals surface area contributed by atoms with E-state index in [1.54, 1.807) is 7.11 Å². The largest absolute Gasteiger partial charge is 0.497 e. The predicted octanol–water partition coefficient (Wildman–Crippen LogP) is 3.99. The maximum absolute atomic E-state index is 12.8. The molecule has 0 radical (unpaired) electrons. The molecule has 3 aromatic rings. The number of carbonyl (C=O) groups excluding carboxylic acids is 1. The Kier molecular flexibility index (Phi) is 4.77. The number of benzene rings is 1. The lowest BCUT2D eigenvalue weighted by molar-refractivity contribution is -0.132. The summed E-state index contributed by atoms with van der Waals surface area (Å²) < 4.78 is 5.23. The van der Waals surface area contributed by atoms with Gasteiger partial charge in [0.05, 0.1) is 24.4 Å². The summed E-state index contributed by atoms with van der Waals surface area (Å²) in [6, 6.07) is 9.40. The average molecular weight is 395 g/mol. The number of amides is 1. The van der Waals surface area contributed by atoms with Crippen molar-refractivity contribution in [1.29, 1.82) is 0 Å². The van der Waals surface area contributed by atoms with Gasteiger partial charge < -0.3 is 9.72 Å². The quantitative estimate of drug-likeness (QED) is 0.726. The molecular weight excluding hydrogens is 374 g/mol. The summed E-state index contributed by atoms with van der Waals surface area (Å²) in [6.45, 7) is 3.76. The van der Waals surface area contributed by atoms with Crippen molar-refractivity contribution in [3.8, 4) is 5.75 Å². The second-order valence-electron chi connectivity index (χ2n) is 6.75. The third kappa shape index (κ3) is 3.01. The maximum Gasteiger partial charge on any atom is 0.258 e. The standard InChI is InChI=1S/C21H21N3O3S/c1-4-18(25)24-17(13-5-7-14(27-3)8-6-13)11-16(23-24)19-12(2)15-9-10-28-21(15)22-20(19)26/h5-10,17H,4,11H2,1-3H3,(H,22,26)/t17-/m0/s1. The van der Waals surface area contributed by atoms with Gasteiger partial charge in [-0.25, -0.2) is 5.01 Å². The molecule has 3 heterocycles. The van der Waals surface area contributed by atoms with E-state index in [0.29, 0.717) is 24.1 Å². The van der Waals surface area contributed by atoms with E-state index in [2.05, 4.69) is 10.1 Å². The Morgan fingerprint density at radius 1 is 1.32 bits per heavy atom. The third-order valence-electron chi connectivity index (χ3n) is 5.16. The van der Waals surface area contributed by atoms with Gasteiger partial charge in [-0.05, 0) is 41.6 Å². The van der Waals surface area contributed by atoms with Crippen LogP contribution in [0, 0.1) is 6.92 Å². The van der Waals surface area contributed by atoms with Gasteiger partial charge in [0.1, 0.15) is 10.6 Å². The van der Waals surface area contributed by atoms with E-state index in [4.69, 9.17) is 4.74 Å². The fourth-order valence-electron chi connectivity index (χ4n) is 3.66. The summed E-state index contributed by atoms with van der Waals surface area (Å²) in [6.07, 6.45) is 0.847. The fraction of sp³-hybridized carbons (Fsp3) is 0.286. The maximum atomic E-state index is 12.8. The number of aryl methyl sites for hydroxylation is 1. The lowest BCUT2D eigenvalue weighted by Crippen LogP contribution is -2.26. The Labute approximate surface area is 166 Å². The summed E-state index contributed by atoms with van der Waals surface area (Å²) in [4.78, 5) is 29.1. The molecule has 1 atom stereocenters. The number of pyridine rings is 1. The van der Waals surface area contributed by atoms with Gasteiger partial charge in [0, 0.05) is 18.2 Å². The molecule has 0 aliphatic carbocycles. The summed E-state index contributed by atoms with van der Waals surface area (Å²) in [5.41, 5.74) is 2.92. The number of hydrazone groups is 1. The summed E-state index contributed by atoms with van der Waals surface area (Å²) in [7, 11) is 1.62. The Morgan fingerprint density at radius 2 is 2.07 bits per heavy atom. The van der Waals surface area contributed by atoms with Gasteiger partial charge in [-0.15, -0.1) is 11.3 Å². The number of thiophene rings is 1. The molecule has 1 aromatic carbocycles. The van der Waals surface area contributed by atoms with Crippen molar-refractivity contribution in [3.63, 3.8) is 0 Å². The number of hydrogen-bond donors (Lipinski definition) is 1. The highest BCUT2D eigenvalue weighted by molar-refractivity contribution is 7.16. The van der Waals surface area contributed by atoms with Crippen LogP contribution in [0.5, 0.6) is 5.75 Å². The van der Waals surface area contributed by atoms with Gasteiger partial charge in [-0.1, -0.05) is 19.1 Å². The lowest BCUT2D eigenvalue weighted by Gasteiger charge is -2.21. The molecule has 0 fully saturated rings. The molecular formula is C21H21N3O3S. The molecule has 0 saturated heterocycles. The van der Waals surface area contributed by atoms with Crippen LogP contribution in [0.15, 0.2) is 45.6 Å². The lowest BCUT2D eigenvalue weighted by atomic mass is 9.96. The predicted molar refractivity (Wildman–Crippen MR) is 111 cm³/mol. The van der Waals surface area contributed by atoms with Crippen LogP contribution < -0.4 is 10.3 Å². The zero-order valence-corrected chi connectivity index (χ0v) is 16.8. The molecule has 1 N–H and O–H groups in total. The van der Waals surface area contributed by atoms with Crippen LogP contribution in [0.1, 0.15) is 42.5 Å². The van der Waals surface area contributed by atoms with Crippen molar-refractivity contribution in [2.45, 2.75) is 32.7 Å². The SMILES string of the molecule is CCC(=O)N1N=C(c2c(C)c3ccsc3[nH]c2=O)C[C@H]1c1ccc(OC)cc1. The van der Waals surface area contributed by atoms with Crippen LogP contribution in [0.4, 0.5) is 0 Å². The minimum atomic E-state index is -0.231. The zero-order valence-electron chi connectivity index (χ0n) is 16.0. The van der Waals surface area contributed by atoms with Crippen LogP contribution in [0.3, 0.4) is 0 Å². The van der Waals surface area contributed by atoms with Crippen molar-refractivity contribution in [1.82, 2.24) is 9.99 Å². The van der Waals surface area contributed by atoms with Gasteiger partial charge in [0.25, 0.3) is 5.56 Å². The number of fused-ring (bicyclic) bond motifs is 1. The number of rotatable bonds is 4.